The second-order valence-electron chi connectivity index (χ2n) is 4.91. The maximum absolute atomic E-state index is 12.0. The maximum atomic E-state index is 12.0. The van der Waals surface area contributed by atoms with Crippen molar-refractivity contribution < 1.29 is 13.2 Å². The summed E-state index contributed by atoms with van der Waals surface area (Å²) in [5.41, 5.74) is 1.19. The summed E-state index contributed by atoms with van der Waals surface area (Å²) in [6, 6.07) is 13.7. The molecule has 2 aromatic carbocycles. The third-order valence-corrected chi connectivity index (χ3v) is 4.66. The summed E-state index contributed by atoms with van der Waals surface area (Å²) in [5, 5.41) is 3.26. The summed E-state index contributed by atoms with van der Waals surface area (Å²) in [6.07, 6.45) is 1.83. The van der Waals surface area contributed by atoms with Gasteiger partial charge >= 0.3 is 0 Å². The first-order valence-electron chi connectivity index (χ1n) is 6.70. The van der Waals surface area contributed by atoms with Crippen molar-refractivity contribution >= 4 is 33.0 Å². The number of hydrogen-bond donors (Lipinski definition) is 1. The molecule has 0 heterocycles. The van der Waals surface area contributed by atoms with E-state index in [1.807, 2.05) is 18.2 Å². The van der Waals surface area contributed by atoms with Crippen LogP contribution in [0, 0.1) is 0 Å². The minimum atomic E-state index is -3.39. The lowest BCUT2D eigenvalue weighted by atomic mass is 10.1. The van der Waals surface area contributed by atoms with Crippen molar-refractivity contribution in [3.8, 4) is 0 Å². The number of para-hydroxylation sites is 1. The molecule has 2 rings (SSSR count). The highest BCUT2D eigenvalue weighted by Gasteiger charge is 2.14. The Morgan fingerprint density at radius 1 is 1.09 bits per heavy atom. The van der Waals surface area contributed by atoms with Gasteiger partial charge in [0.25, 0.3) is 0 Å². The molecule has 1 N–H and O–H groups in total. The van der Waals surface area contributed by atoms with E-state index in [0.29, 0.717) is 17.1 Å². The van der Waals surface area contributed by atoms with Crippen molar-refractivity contribution in [1.82, 2.24) is 0 Å². The number of halogens is 1. The molecule has 4 nitrogen and oxygen atoms in total. The van der Waals surface area contributed by atoms with E-state index in [4.69, 9.17) is 11.6 Å². The van der Waals surface area contributed by atoms with E-state index in [0.717, 1.165) is 11.8 Å². The number of carbonyl (C=O) groups excluding carboxylic acids is 1. The molecular formula is C16H16ClNO3S. The highest BCUT2D eigenvalue weighted by molar-refractivity contribution is 7.90. The number of rotatable bonds is 5. The highest BCUT2D eigenvalue weighted by atomic mass is 35.5. The fourth-order valence-corrected chi connectivity index (χ4v) is 3.13. The molecule has 0 atom stereocenters. The Balaban J connectivity index is 2.06. The largest absolute Gasteiger partial charge is 0.325 e. The summed E-state index contributed by atoms with van der Waals surface area (Å²) in [4.78, 5) is 12.1. The van der Waals surface area contributed by atoms with Crippen LogP contribution in [0.3, 0.4) is 0 Å². The molecule has 0 aliphatic rings. The van der Waals surface area contributed by atoms with Gasteiger partial charge in [0.15, 0.2) is 9.84 Å². The van der Waals surface area contributed by atoms with Crippen LogP contribution in [0.2, 0.25) is 5.02 Å². The SMILES string of the molecule is CS(=O)(=O)c1ccccc1NC(=O)CCc1ccccc1Cl. The predicted molar refractivity (Wildman–Crippen MR) is 88.0 cm³/mol. The van der Waals surface area contributed by atoms with E-state index in [-0.39, 0.29) is 17.2 Å². The quantitative estimate of drug-likeness (QED) is 0.910. The summed E-state index contributed by atoms with van der Waals surface area (Å²) in [5.74, 6) is -0.254. The predicted octanol–water partition coefficient (Wildman–Crippen LogP) is 3.31. The average Bonchev–Trinajstić information content (AvgIpc) is 2.46. The third-order valence-electron chi connectivity index (χ3n) is 3.14. The molecule has 0 unspecified atom stereocenters. The topological polar surface area (TPSA) is 63.2 Å². The fourth-order valence-electron chi connectivity index (χ4n) is 2.06. The van der Waals surface area contributed by atoms with Gasteiger partial charge in [0.2, 0.25) is 5.91 Å². The summed E-state index contributed by atoms with van der Waals surface area (Å²) in [6.45, 7) is 0. The Labute approximate surface area is 135 Å². The first-order chi connectivity index (χ1) is 10.4. The summed E-state index contributed by atoms with van der Waals surface area (Å²) in [7, 11) is -3.39. The first kappa shape index (κ1) is 16.5. The van der Waals surface area contributed by atoms with Gasteiger partial charge in [-0.1, -0.05) is 41.9 Å². The lowest BCUT2D eigenvalue weighted by Crippen LogP contribution is -2.15. The molecule has 0 aliphatic heterocycles. The van der Waals surface area contributed by atoms with E-state index in [2.05, 4.69) is 5.32 Å². The van der Waals surface area contributed by atoms with Gasteiger partial charge < -0.3 is 5.32 Å². The molecule has 0 fully saturated rings. The van der Waals surface area contributed by atoms with Crippen molar-refractivity contribution in [2.24, 2.45) is 0 Å². The van der Waals surface area contributed by atoms with Crippen LogP contribution >= 0.6 is 11.6 Å². The summed E-state index contributed by atoms with van der Waals surface area (Å²) < 4.78 is 23.4. The van der Waals surface area contributed by atoms with Crippen molar-refractivity contribution in [1.29, 1.82) is 0 Å². The van der Waals surface area contributed by atoms with Crippen LogP contribution < -0.4 is 5.32 Å². The molecule has 2 aromatic rings. The standard InChI is InChI=1S/C16H16ClNO3S/c1-22(20,21)15-9-5-4-8-14(15)18-16(19)11-10-12-6-2-3-7-13(12)17/h2-9H,10-11H2,1H3,(H,18,19). The summed E-state index contributed by atoms with van der Waals surface area (Å²) >= 11 is 6.04. The van der Waals surface area contributed by atoms with Crippen LogP contribution in [-0.2, 0) is 21.1 Å². The van der Waals surface area contributed by atoms with Gasteiger partial charge in [0.1, 0.15) is 0 Å². The second kappa shape index (κ2) is 6.94. The number of benzene rings is 2. The Morgan fingerprint density at radius 3 is 2.41 bits per heavy atom. The van der Waals surface area contributed by atoms with Crippen LogP contribution in [-0.4, -0.2) is 20.6 Å². The van der Waals surface area contributed by atoms with E-state index < -0.39 is 9.84 Å². The number of carbonyl (C=O) groups is 1. The van der Waals surface area contributed by atoms with Crippen molar-refractivity contribution in [2.75, 3.05) is 11.6 Å². The number of anilines is 1. The van der Waals surface area contributed by atoms with E-state index in [1.54, 1.807) is 24.3 Å². The minimum Gasteiger partial charge on any atom is -0.325 e. The Bertz CT molecular complexity index is 787. The van der Waals surface area contributed by atoms with Gasteiger partial charge in [0.05, 0.1) is 10.6 Å². The van der Waals surface area contributed by atoms with E-state index in [9.17, 15) is 13.2 Å². The third kappa shape index (κ3) is 4.32. The molecule has 6 heteroatoms. The second-order valence-corrected chi connectivity index (χ2v) is 7.30. The molecule has 0 saturated heterocycles. The average molecular weight is 338 g/mol. The van der Waals surface area contributed by atoms with Crippen LogP contribution in [0.4, 0.5) is 5.69 Å². The van der Waals surface area contributed by atoms with E-state index >= 15 is 0 Å². The maximum Gasteiger partial charge on any atom is 0.224 e. The Morgan fingerprint density at radius 2 is 1.73 bits per heavy atom. The lowest BCUT2D eigenvalue weighted by molar-refractivity contribution is -0.116. The van der Waals surface area contributed by atoms with Gasteiger partial charge in [-0.15, -0.1) is 0 Å². The molecule has 0 aromatic heterocycles. The minimum absolute atomic E-state index is 0.112. The van der Waals surface area contributed by atoms with Crippen LogP contribution in [0.1, 0.15) is 12.0 Å². The van der Waals surface area contributed by atoms with Gasteiger partial charge in [-0.05, 0) is 30.2 Å². The van der Waals surface area contributed by atoms with Crippen molar-refractivity contribution in [3.63, 3.8) is 0 Å². The normalized spacial score (nSPS) is 11.2. The van der Waals surface area contributed by atoms with Crippen LogP contribution in [0.5, 0.6) is 0 Å². The monoisotopic (exact) mass is 337 g/mol. The highest BCUT2D eigenvalue weighted by Crippen LogP contribution is 2.21. The van der Waals surface area contributed by atoms with Gasteiger partial charge in [-0.25, -0.2) is 8.42 Å². The number of sulfone groups is 1. The molecule has 1 amide bonds. The van der Waals surface area contributed by atoms with Crippen molar-refractivity contribution in [2.45, 2.75) is 17.7 Å². The molecule has 0 spiro atoms. The zero-order chi connectivity index (χ0) is 16.2. The molecule has 0 saturated carbocycles. The van der Waals surface area contributed by atoms with Gasteiger partial charge in [-0.3, -0.25) is 4.79 Å². The van der Waals surface area contributed by atoms with Gasteiger partial charge in [-0.2, -0.15) is 0 Å². The van der Waals surface area contributed by atoms with Crippen LogP contribution in [0.25, 0.3) is 0 Å². The lowest BCUT2D eigenvalue weighted by Gasteiger charge is -2.10. The fraction of sp³-hybridized carbons (Fsp3) is 0.188. The van der Waals surface area contributed by atoms with Crippen molar-refractivity contribution in [3.05, 3.63) is 59.1 Å². The first-order valence-corrected chi connectivity index (χ1v) is 8.97. The van der Waals surface area contributed by atoms with Gasteiger partial charge in [0, 0.05) is 17.7 Å². The molecule has 116 valence electrons. The molecule has 22 heavy (non-hydrogen) atoms. The smallest absolute Gasteiger partial charge is 0.224 e. The number of hydrogen-bond acceptors (Lipinski definition) is 3. The molecular weight excluding hydrogens is 322 g/mol. The number of amides is 1. The number of nitrogens with one attached hydrogen (secondary N) is 1. The van der Waals surface area contributed by atoms with Crippen LogP contribution in [0.15, 0.2) is 53.4 Å². The Hall–Kier alpha value is -1.85. The zero-order valence-electron chi connectivity index (χ0n) is 12.0. The Kier molecular flexibility index (Phi) is 5.21. The van der Waals surface area contributed by atoms with E-state index in [1.165, 1.54) is 6.07 Å². The molecule has 0 bridgehead atoms. The molecule has 0 radical (unpaired) electrons. The molecule has 0 aliphatic carbocycles. The number of aryl methyl sites for hydroxylation is 1. The zero-order valence-corrected chi connectivity index (χ0v) is 13.6.